The van der Waals surface area contributed by atoms with Gasteiger partial charge in [0.2, 0.25) is 17.7 Å². The van der Waals surface area contributed by atoms with Crippen molar-refractivity contribution in [1.82, 2.24) is 25.9 Å². The normalized spacial score (nSPS) is 15.2. The first-order chi connectivity index (χ1) is 46.5. The van der Waals surface area contributed by atoms with Crippen LogP contribution in [0.1, 0.15) is 251 Å². The molecule has 97 heavy (non-hydrogen) atoms. The van der Waals surface area contributed by atoms with E-state index in [4.69, 9.17) is 29.8 Å². The fraction of sp³-hybridized carbons (Fsp3) is 0.789. The van der Waals surface area contributed by atoms with Crippen LogP contribution in [0.4, 0.5) is 0 Å². The van der Waals surface area contributed by atoms with Gasteiger partial charge in [-0.05, 0) is 76.5 Å². The first-order valence-electron chi connectivity index (χ1n) is 35.9. The summed E-state index contributed by atoms with van der Waals surface area (Å²) in [7, 11) is 0. The fourth-order valence-electron chi connectivity index (χ4n) is 11.8. The molecule has 0 unspecified atom stereocenters. The molecular weight excluding hydrogens is 1260 g/mol. The second kappa shape index (κ2) is 53.6. The second-order valence-corrected chi connectivity index (χ2v) is 26.8. The second-order valence-electron chi connectivity index (χ2n) is 26.8. The predicted molar refractivity (Wildman–Crippen MR) is 361 cm³/mol. The first-order valence-corrected chi connectivity index (χ1v) is 35.9. The molecule has 0 radical (unpaired) electrons. The molecule has 26 nitrogen and oxygen atoms in total. The highest BCUT2D eigenvalue weighted by Gasteiger charge is 2.36. The Hall–Kier alpha value is -6.35. The molecule has 1 aromatic heterocycles. The Morgan fingerprint density at radius 3 is 1.57 bits per heavy atom. The Morgan fingerprint density at radius 1 is 0.536 bits per heavy atom. The van der Waals surface area contributed by atoms with Crippen molar-refractivity contribution in [1.29, 1.82) is 0 Å². The van der Waals surface area contributed by atoms with Crippen LogP contribution in [-0.4, -0.2) is 179 Å². The summed E-state index contributed by atoms with van der Waals surface area (Å²) in [5, 5.41) is 45.6. The molecule has 0 aromatic carbocycles. The number of Topliss-reactive ketones (excluding diaryl/α,β-unsaturated/α-hetero) is 5. The third kappa shape index (κ3) is 45.0. The molecule has 0 saturated heterocycles. The van der Waals surface area contributed by atoms with E-state index in [1.54, 1.807) is 0 Å². The molecule has 552 valence electrons. The maximum Gasteiger partial charge on any atom is 0.306 e. The highest BCUT2D eigenvalue weighted by atomic mass is 16.5. The fourth-order valence-corrected chi connectivity index (χ4v) is 11.8. The number of carbonyl (C=O) groups is 12. The van der Waals surface area contributed by atoms with Gasteiger partial charge in [0.1, 0.15) is 24.8 Å². The summed E-state index contributed by atoms with van der Waals surface area (Å²) in [6.45, 7) is 3.90. The number of carboxylic acids is 4. The molecule has 0 bridgehead atoms. The van der Waals surface area contributed by atoms with Crippen molar-refractivity contribution >= 4 is 70.5 Å². The number of carboxylic acid groups (broad SMARTS) is 4. The summed E-state index contributed by atoms with van der Waals surface area (Å²) in [4.78, 5) is 155. The number of aliphatic carboxylic acids is 4. The SMILES string of the molecule is CC(C)(CC(=O)[C@@H](N)Cc1cnc[nH]1)C(=O)N[C@@H](CCC(=O)O)C(=O)C[C@@H](CCCCCC(=O)COCCOCCNC(=O)COCCOCCNC(=O)CC[C@H](CC(=O)C1CCC(CCC(=O)CCCCCCCCCCCCCCCCCCC(=O)O)CC1)C(=O)O)C(=O)O. The van der Waals surface area contributed by atoms with Gasteiger partial charge in [-0.15, -0.1) is 0 Å². The van der Waals surface area contributed by atoms with Crippen LogP contribution in [0.3, 0.4) is 0 Å². The number of carbonyl (C=O) groups excluding carboxylic acids is 8. The molecule has 1 fully saturated rings. The Bertz CT molecular complexity index is 2470. The van der Waals surface area contributed by atoms with E-state index >= 15 is 0 Å². The van der Waals surface area contributed by atoms with Crippen LogP contribution in [0.15, 0.2) is 12.5 Å². The minimum Gasteiger partial charge on any atom is -0.481 e. The molecule has 1 aromatic rings. The molecule has 1 heterocycles. The van der Waals surface area contributed by atoms with Gasteiger partial charge in [-0.1, -0.05) is 117 Å². The van der Waals surface area contributed by atoms with Gasteiger partial charge in [0.05, 0.1) is 75.3 Å². The van der Waals surface area contributed by atoms with Crippen LogP contribution in [0.2, 0.25) is 0 Å². The molecule has 0 aliphatic heterocycles. The molecule has 3 amide bonds. The summed E-state index contributed by atoms with van der Waals surface area (Å²) >= 11 is 0. The number of unbranched alkanes of at least 4 members (excludes halogenated alkanes) is 17. The van der Waals surface area contributed by atoms with Crippen LogP contribution >= 0.6 is 0 Å². The molecule has 10 N–H and O–H groups in total. The average molecular weight is 1380 g/mol. The Kier molecular flexibility index (Phi) is 47.9. The molecule has 0 spiro atoms. The largest absolute Gasteiger partial charge is 0.481 e. The standard InChI is InChI=1S/C71H118N6O20/c1-71(2,47-63(82)59(72)46-56-48-73-51-76-56)70(93)77-60(33-35-67(87)88)62(81)45-54(68(89)90)22-18-17-20-24-58(79)49-96-42-40-95-39-37-75-65(84)50-97-43-41-94-38-36-74-64(83)34-31-55(69(91)92)44-61(80)53-29-26-52(27-30-53)28-32-57(78)23-19-15-13-11-9-7-5-3-4-6-8-10-12-14-16-21-25-66(85)86/h48,51-55,59-60H,3-47,49-50,72H2,1-2H3,(H,73,76)(H,74,83)(H,75,84)(H,77,93)(H,85,86)(H,87,88)(H,89,90)(H,91,92)/t52?,53?,54-,55-,59+,60+/m1/s1. The number of nitrogens with zero attached hydrogens (tertiary/aromatic N) is 1. The van der Waals surface area contributed by atoms with Gasteiger partial charge < -0.3 is 66.0 Å². The third-order valence-electron chi connectivity index (χ3n) is 17.9. The van der Waals surface area contributed by atoms with Crippen LogP contribution in [-0.2, 0) is 82.9 Å². The van der Waals surface area contributed by atoms with Crippen LogP contribution in [0.5, 0.6) is 0 Å². The van der Waals surface area contributed by atoms with Crippen molar-refractivity contribution in [2.75, 3.05) is 65.9 Å². The first kappa shape index (κ1) is 86.7. The van der Waals surface area contributed by atoms with Crippen molar-refractivity contribution in [3.63, 3.8) is 0 Å². The quantitative estimate of drug-likeness (QED) is 0.0275. The van der Waals surface area contributed by atoms with E-state index in [2.05, 4.69) is 25.9 Å². The number of hydrogen-bond acceptors (Lipinski definition) is 18. The number of ketones is 5. The van der Waals surface area contributed by atoms with Gasteiger partial charge in [0.25, 0.3) is 0 Å². The van der Waals surface area contributed by atoms with Gasteiger partial charge >= 0.3 is 23.9 Å². The molecule has 4 atom stereocenters. The number of amides is 3. The number of ether oxygens (including phenoxy) is 4. The number of imidazole rings is 1. The van der Waals surface area contributed by atoms with Gasteiger partial charge in [0, 0.05) is 95.1 Å². The number of aromatic nitrogens is 2. The molecule has 1 aliphatic rings. The lowest BCUT2D eigenvalue weighted by atomic mass is 9.76. The number of hydrogen-bond donors (Lipinski definition) is 9. The molecule has 1 aliphatic carbocycles. The summed E-state index contributed by atoms with van der Waals surface area (Å²) < 4.78 is 21.6. The Labute approximate surface area is 573 Å². The van der Waals surface area contributed by atoms with Crippen LogP contribution < -0.4 is 21.7 Å². The van der Waals surface area contributed by atoms with Crippen molar-refractivity contribution in [3.05, 3.63) is 18.2 Å². The van der Waals surface area contributed by atoms with Crippen molar-refractivity contribution in [2.24, 2.45) is 34.8 Å². The highest BCUT2D eigenvalue weighted by Crippen LogP contribution is 2.34. The van der Waals surface area contributed by atoms with Crippen molar-refractivity contribution < 1.29 is 96.9 Å². The predicted octanol–water partition coefficient (Wildman–Crippen LogP) is 8.80. The average Bonchev–Trinajstić information content (AvgIpc) is 1.54. The van der Waals surface area contributed by atoms with Gasteiger partial charge in [0.15, 0.2) is 17.3 Å². The third-order valence-corrected chi connectivity index (χ3v) is 17.9. The van der Waals surface area contributed by atoms with E-state index in [0.29, 0.717) is 62.3 Å². The molecule has 2 rings (SSSR count). The van der Waals surface area contributed by atoms with Crippen molar-refractivity contribution in [2.45, 2.75) is 264 Å². The van der Waals surface area contributed by atoms with Crippen LogP contribution in [0.25, 0.3) is 0 Å². The van der Waals surface area contributed by atoms with E-state index in [1.165, 1.54) is 97.0 Å². The van der Waals surface area contributed by atoms with E-state index < -0.39 is 83.5 Å². The molecule has 26 heteroatoms. The summed E-state index contributed by atoms with van der Waals surface area (Å²) in [5.74, 6) is -8.55. The zero-order valence-corrected chi connectivity index (χ0v) is 58.2. The van der Waals surface area contributed by atoms with Crippen LogP contribution in [0, 0.1) is 29.1 Å². The maximum absolute atomic E-state index is 13.4. The van der Waals surface area contributed by atoms with Gasteiger partial charge in [-0.3, -0.25) is 57.5 Å². The number of nitrogens with two attached hydrogens (primary N) is 1. The number of rotatable bonds is 65. The van der Waals surface area contributed by atoms with E-state index in [1.807, 2.05) is 0 Å². The summed E-state index contributed by atoms with van der Waals surface area (Å²) in [5.41, 5.74) is 5.36. The number of H-pyrrole nitrogens is 1. The zero-order valence-electron chi connectivity index (χ0n) is 58.2. The summed E-state index contributed by atoms with van der Waals surface area (Å²) in [6.07, 6.45) is 27.3. The van der Waals surface area contributed by atoms with Gasteiger partial charge in [-0.2, -0.15) is 0 Å². The van der Waals surface area contributed by atoms with Crippen molar-refractivity contribution in [3.8, 4) is 0 Å². The smallest absolute Gasteiger partial charge is 0.306 e. The summed E-state index contributed by atoms with van der Waals surface area (Å²) in [6, 6.07) is -2.23. The Balaban J connectivity index is 1.44. The molecular formula is C71H118N6O20. The lowest BCUT2D eigenvalue weighted by molar-refractivity contribution is -0.145. The lowest BCUT2D eigenvalue weighted by Crippen LogP contribution is -2.49. The van der Waals surface area contributed by atoms with E-state index in [-0.39, 0.29) is 153 Å². The van der Waals surface area contributed by atoms with Gasteiger partial charge in [-0.25, -0.2) is 4.98 Å². The minimum absolute atomic E-state index is 0.0344. The number of nitrogens with one attached hydrogen (secondary N) is 4. The van der Waals surface area contributed by atoms with E-state index in [0.717, 1.165) is 51.4 Å². The topological polar surface area (TPSA) is 413 Å². The number of aromatic amines is 1. The molecule has 1 saturated carbocycles. The zero-order chi connectivity index (χ0) is 71.5. The monoisotopic (exact) mass is 1370 g/mol. The highest BCUT2D eigenvalue weighted by molar-refractivity contribution is 5.95. The maximum atomic E-state index is 13.4. The minimum atomic E-state index is -1.33. The Morgan fingerprint density at radius 2 is 1.03 bits per heavy atom. The van der Waals surface area contributed by atoms with E-state index in [9.17, 15) is 72.9 Å². The lowest BCUT2D eigenvalue weighted by Gasteiger charge is -2.28.